The lowest BCUT2D eigenvalue weighted by Gasteiger charge is -2.31. The molecule has 4 heteroatoms. The summed E-state index contributed by atoms with van der Waals surface area (Å²) in [5.41, 5.74) is 9.66. The molecule has 108 valence electrons. The summed E-state index contributed by atoms with van der Waals surface area (Å²) in [5.74, 6) is 0.309. The van der Waals surface area contributed by atoms with Crippen LogP contribution in [0, 0.1) is 19.8 Å². The molecule has 0 spiro atoms. The lowest BCUT2D eigenvalue weighted by Crippen LogP contribution is -2.36. The minimum Gasteiger partial charge on any atom is -0.369 e. The number of nitrogens with zero attached hydrogens (tertiary/aromatic N) is 2. The van der Waals surface area contributed by atoms with Crippen LogP contribution in [0.25, 0.3) is 0 Å². The molecule has 2 N–H and O–H groups in total. The second-order valence-electron chi connectivity index (χ2n) is 7.01. The maximum absolute atomic E-state index is 6.58. The van der Waals surface area contributed by atoms with Crippen molar-refractivity contribution in [3.63, 3.8) is 0 Å². The van der Waals surface area contributed by atoms with Gasteiger partial charge in [0, 0.05) is 30.3 Å². The Kier molecular flexibility index (Phi) is 3.30. The van der Waals surface area contributed by atoms with Crippen LogP contribution < -0.4 is 5.73 Å². The molecule has 1 aliphatic heterocycles. The Labute approximate surface area is 116 Å². The van der Waals surface area contributed by atoms with Crippen LogP contribution in [0.4, 0.5) is 0 Å². The number of hydrogen-bond acceptors (Lipinski definition) is 3. The van der Waals surface area contributed by atoms with Gasteiger partial charge in [-0.3, -0.25) is 4.68 Å². The van der Waals surface area contributed by atoms with E-state index in [2.05, 4.69) is 39.7 Å². The van der Waals surface area contributed by atoms with Gasteiger partial charge < -0.3 is 10.5 Å². The molecule has 0 aromatic carbocycles. The van der Waals surface area contributed by atoms with Crippen LogP contribution in [0.2, 0.25) is 0 Å². The first-order valence-electron chi connectivity index (χ1n) is 7.01. The second kappa shape index (κ2) is 4.32. The fraction of sp³-hybridized carbons (Fsp3) is 0.800. The van der Waals surface area contributed by atoms with Crippen LogP contribution in [-0.4, -0.2) is 21.0 Å². The number of rotatable bonds is 2. The van der Waals surface area contributed by atoms with Gasteiger partial charge in [0.1, 0.15) is 0 Å². The lowest BCUT2D eigenvalue weighted by atomic mass is 9.79. The average molecular weight is 265 g/mol. The van der Waals surface area contributed by atoms with Crippen molar-refractivity contribution in [3.05, 3.63) is 17.0 Å². The van der Waals surface area contributed by atoms with E-state index < -0.39 is 0 Å². The zero-order chi connectivity index (χ0) is 14.6. The molecule has 2 rings (SSSR count). The minimum atomic E-state index is -0.197. The molecular weight excluding hydrogens is 238 g/mol. The first-order chi connectivity index (χ1) is 8.55. The third-order valence-electron chi connectivity index (χ3n) is 4.48. The third-order valence-corrected chi connectivity index (χ3v) is 4.48. The predicted molar refractivity (Wildman–Crippen MR) is 77.0 cm³/mol. The van der Waals surface area contributed by atoms with Crippen molar-refractivity contribution in [2.45, 2.75) is 65.2 Å². The molecule has 0 saturated carbocycles. The van der Waals surface area contributed by atoms with Gasteiger partial charge in [0.05, 0.1) is 16.9 Å². The molecule has 0 aliphatic carbocycles. The van der Waals surface area contributed by atoms with E-state index in [1.165, 1.54) is 5.56 Å². The summed E-state index contributed by atoms with van der Waals surface area (Å²) in [6.45, 7) is 12.7. The Morgan fingerprint density at radius 3 is 2.26 bits per heavy atom. The van der Waals surface area contributed by atoms with Gasteiger partial charge in [0.2, 0.25) is 0 Å². The molecular formula is C15H27N3O. The van der Waals surface area contributed by atoms with E-state index in [1.807, 2.05) is 18.7 Å². The standard InChI is InChI=1S/C15H27N3O/c1-9-12(10(2)18(7)17-9)13(16)11-8-14(3,4)19-15(11,5)6/h11,13H,8,16H2,1-7H3. The van der Waals surface area contributed by atoms with Crippen LogP contribution in [-0.2, 0) is 11.8 Å². The Morgan fingerprint density at radius 2 is 1.89 bits per heavy atom. The quantitative estimate of drug-likeness (QED) is 0.894. The Hall–Kier alpha value is -0.870. The van der Waals surface area contributed by atoms with Crippen molar-refractivity contribution >= 4 is 0 Å². The van der Waals surface area contributed by atoms with Gasteiger partial charge in [-0.05, 0) is 48.0 Å². The van der Waals surface area contributed by atoms with Crippen LogP contribution in [0.3, 0.4) is 0 Å². The maximum atomic E-state index is 6.58. The number of aromatic nitrogens is 2. The molecule has 4 nitrogen and oxygen atoms in total. The number of ether oxygens (including phenoxy) is 1. The van der Waals surface area contributed by atoms with Gasteiger partial charge >= 0.3 is 0 Å². The molecule has 2 heterocycles. The highest BCUT2D eigenvalue weighted by atomic mass is 16.5. The second-order valence-corrected chi connectivity index (χ2v) is 7.01. The first kappa shape index (κ1) is 14.5. The molecule has 1 fully saturated rings. The van der Waals surface area contributed by atoms with Gasteiger partial charge in [-0.25, -0.2) is 0 Å². The van der Waals surface area contributed by atoms with E-state index in [9.17, 15) is 0 Å². The lowest BCUT2D eigenvalue weighted by molar-refractivity contribution is -0.0767. The van der Waals surface area contributed by atoms with Gasteiger partial charge in [-0.15, -0.1) is 0 Å². The van der Waals surface area contributed by atoms with Gasteiger partial charge in [0.25, 0.3) is 0 Å². The number of hydrogen-bond donors (Lipinski definition) is 1. The zero-order valence-corrected chi connectivity index (χ0v) is 13.2. The van der Waals surface area contributed by atoms with Crippen LogP contribution in [0.5, 0.6) is 0 Å². The molecule has 19 heavy (non-hydrogen) atoms. The average Bonchev–Trinajstić information content (AvgIpc) is 2.60. The number of nitrogens with two attached hydrogens (primary N) is 1. The van der Waals surface area contributed by atoms with Crippen molar-refractivity contribution in [3.8, 4) is 0 Å². The Morgan fingerprint density at radius 1 is 1.32 bits per heavy atom. The summed E-state index contributed by atoms with van der Waals surface area (Å²) < 4.78 is 8.09. The normalized spacial score (nSPS) is 26.6. The molecule has 1 aromatic rings. The van der Waals surface area contributed by atoms with E-state index in [0.29, 0.717) is 5.92 Å². The predicted octanol–water partition coefficient (Wildman–Crippen LogP) is 2.63. The monoisotopic (exact) mass is 265 g/mol. The van der Waals surface area contributed by atoms with E-state index in [1.54, 1.807) is 0 Å². The number of aryl methyl sites for hydroxylation is 2. The minimum absolute atomic E-state index is 0.0227. The van der Waals surface area contributed by atoms with E-state index in [0.717, 1.165) is 17.8 Å². The highest BCUT2D eigenvalue weighted by Crippen LogP contribution is 2.47. The largest absolute Gasteiger partial charge is 0.369 e. The molecule has 0 bridgehead atoms. The van der Waals surface area contributed by atoms with E-state index in [-0.39, 0.29) is 17.2 Å². The SMILES string of the molecule is Cc1nn(C)c(C)c1C(N)C1CC(C)(C)OC1(C)C. The van der Waals surface area contributed by atoms with Gasteiger partial charge in [-0.1, -0.05) is 0 Å². The summed E-state index contributed by atoms with van der Waals surface area (Å²) in [4.78, 5) is 0. The van der Waals surface area contributed by atoms with Crippen LogP contribution in [0.1, 0.15) is 57.1 Å². The Balaban J connectivity index is 2.37. The van der Waals surface area contributed by atoms with Gasteiger partial charge in [0.15, 0.2) is 0 Å². The zero-order valence-electron chi connectivity index (χ0n) is 13.2. The summed E-state index contributed by atoms with van der Waals surface area (Å²) in [7, 11) is 1.97. The van der Waals surface area contributed by atoms with Crippen LogP contribution in [0.15, 0.2) is 0 Å². The van der Waals surface area contributed by atoms with Crippen molar-refractivity contribution < 1.29 is 4.74 Å². The molecule has 2 unspecified atom stereocenters. The van der Waals surface area contributed by atoms with E-state index in [4.69, 9.17) is 10.5 Å². The fourth-order valence-corrected chi connectivity index (χ4v) is 3.64. The first-order valence-corrected chi connectivity index (χ1v) is 7.01. The highest BCUT2D eigenvalue weighted by Gasteiger charge is 2.49. The molecule has 0 radical (unpaired) electrons. The summed E-state index contributed by atoms with van der Waals surface area (Å²) >= 11 is 0. The Bertz CT molecular complexity index is 488. The molecule has 1 aliphatic rings. The van der Waals surface area contributed by atoms with E-state index >= 15 is 0 Å². The smallest absolute Gasteiger partial charge is 0.0680 e. The summed E-state index contributed by atoms with van der Waals surface area (Å²) in [5, 5.41) is 4.48. The summed E-state index contributed by atoms with van der Waals surface area (Å²) in [6, 6.07) is -0.0227. The molecule has 0 amide bonds. The van der Waals surface area contributed by atoms with Crippen molar-refractivity contribution in [1.82, 2.24) is 9.78 Å². The molecule has 2 atom stereocenters. The van der Waals surface area contributed by atoms with Crippen molar-refractivity contribution in [2.24, 2.45) is 18.7 Å². The summed E-state index contributed by atoms with van der Waals surface area (Å²) in [6.07, 6.45) is 0.981. The maximum Gasteiger partial charge on any atom is 0.0680 e. The fourth-order valence-electron chi connectivity index (χ4n) is 3.64. The molecule has 1 aromatic heterocycles. The van der Waals surface area contributed by atoms with Crippen molar-refractivity contribution in [2.75, 3.05) is 0 Å². The third kappa shape index (κ3) is 2.43. The topological polar surface area (TPSA) is 53.1 Å². The highest BCUT2D eigenvalue weighted by molar-refractivity contribution is 5.29. The van der Waals surface area contributed by atoms with Crippen LogP contribution >= 0.6 is 0 Å². The molecule has 1 saturated heterocycles. The van der Waals surface area contributed by atoms with Crippen molar-refractivity contribution in [1.29, 1.82) is 0 Å². The van der Waals surface area contributed by atoms with Gasteiger partial charge in [-0.2, -0.15) is 5.10 Å².